The van der Waals surface area contributed by atoms with Crippen molar-refractivity contribution in [2.45, 2.75) is 18.2 Å². The van der Waals surface area contributed by atoms with Gasteiger partial charge in [-0.1, -0.05) is 57.3 Å². The van der Waals surface area contributed by atoms with Crippen molar-refractivity contribution in [1.82, 2.24) is 0 Å². The lowest BCUT2D eigenvalue weighted by Crippen LogP contribution is -2.00. The summed E-state index contributed by atoms with van der Waals surface area (Å²) in [4.78, 5) is -0.0741. The monoisotopic (exact) mass is 360 g/mol. The largest absolute Gasteiger partial charge is 0.207 e. The molecule has 0 nitrogen and oxygen atoms in total. The van der Waals surface area contributed by atoms with Crippen LogP contribution in [0.15, 0.2) is 36.4 Å². The van der Waals surface area contributed by atoms with Crippen LogP contribution in [-0.4, -0.2) is 0 Å². The second-order valence-electron chi connectivity index (χ2n) is 4.40. The zero-order chi connectivity index (χ0) is 14.0. The standard InChI is InChI=1S/C15H12BrCl2F/c1-9-5-6-10(14(18)7-9)12(16)8-11-13(17)3-2-4-15(11)19/h2-7,12H,8H2,1H3. The van der Waals surface area contributed by atoms with Gasteiger partial charge in [-0.15, -0.1) is 0 Å². The summed E-state index contributed by atoms with van der Waals surface area (Å²) in [5.41, 5.74) is 2.53. The quantitative estimate of drug-likeness (QED) is 0.577. The van der Waals surface area contributed by atoms with Crippen molar-refractivity contribution < 1.29 is 4.39 Å². The molecule has 100 valence electrons. The van der Waals surface area contributed by atoms with E-state index in [4.69, 9.17) is 23.2 Å². The highest BCUT2D eigenvalue weighted by Gasteiger charge is 2.16. The minimum Gasteiger partial charge on any atom is -0.207 e. The number of hydrogen-bond donors (Lipinski definition) is 0. The van der Waals surface area contributed by atoms with Crippen LogP contribution in [0.5, 0.6) is 0 Å². The molecular formula is C15H12BrCl2F. The summed E-state index contributed by atoms with van der Waals surface area (Å²) in [5, 5.41) is 1.11. The Balaban J connectivity index is 2.28. The lowest BCUT2D eigenvalue weighted by molar-refractivity contribution is 0.608. The number of rotatable bonds is 3. The van der Waals surface area contributed by atoms with E-state index in [1.807, 2.05) is 25.1 Å². The van der Waals surface area contributed by atoms with E-state index in [1.165, 1.54) is 6.07 Å². The Morgan fingerprint density at radius 3 is 2.53 bits per heavy atom. The van der Waals surface area contributed by atoms with E-state index in [2.05, 4.69) is 15.9 Å². The third-order valence-corrected chi connectivity index (χ3v) is 4.44. The predicted octanol–water partition coefficient (Wildman–Crippen LogP) is 6.12. The highest BCUT2D eigenvalue weighted by atomic mass is 79.9. The molecule has 0 saturated carbocycles. The van der Waals surface area contributed by atoms with Crippen LogP contribution in [-0.2, 0) is 6.42 Å². The second kappa shape index (κ2) is 6.25. The molecule has 0 spiro atoms. The van der Waals surface area contributed by atoms with Gasteiger partial charge in [-0.25, -0.2) is 4.39 Å². The first-order valence-corrected chi connectivity index (χ1v) is 7.49. The van der Waals surface area contributed by atoms with Gasteiger partial charge in [-0.2, -0.15) is 0 Å². The molecule has 0 saturated heterocycles. The van der Waals surface area contributed by atoms with E-state index >= 15 is 0 Å². The maximum absolute atomic E-state index is 13.8. The number of alkyl halides is 1. The van der Waals surface area contributed by atoms with Gasteiger partial charge < -0.3 is 0 Å². The molecule has 0 aromatic heterocycles. The minimum absolute atomic E-state index is 0.0741. The summed E-state index contributed by atoms with van der Waals surface area (Å²) >= 11 is 15.8. The molecule has 0 heterocycles. The van der Waals surface area contributed by atoms with Gasteiger partial charge in [0.05, 0.1) is 0 Å². The average molecular weight is 362 g/mol. The van der Waals surface area contributed by atoms with Crippen molar-refractivity contribution in [2.75, 3.05) is 0 Å². The third-order valence-electron chi connectivity index (χ3n) is 2.94. The number of benzene rings is 2. The molecule has 0 amide bonds. The molecule has 19 heavy (non-hydrogen) atoms. The van der Waals surface area contributed by atoms with Crippen molar-refractivity contribution in [3.05, 3.63) is 69.0 Å². The highest BCUT2D eigenvalue weighted by Crippen LogP contribution is 2.35. The smallest absolute Gasteiger partial charge is 0.127 e. The fourth-order valence-electron chi connectivity index (χ4n) is 1.90. The molecule has 0 aliphatic rings. The van der Waals surface area contributed by atoms with E-state index < -0.39 is 0 Å². The van der Waals surface area contributed by atoms with Crippen molar-refractivity contribution in [2.24, 2.45) is 0 Å². The van der Waals surface area contributed by atoms with Crippen LogP contribution in [0, 0.1) is 12.7 Å². The normalized spacial score (nSPS) is 12.5. The fraction of sp³-hybridized carbons (Fsp3) is 0.200. The molecule has 0 radical (unpaired) electrons. The van der Waals surface area contributed by atoms with E-state index in [-0.39, 0.29) is 10.6 Å². The van der Waals surface area contributed by atoms with Crippen molar-refractivity contribution >= 4 is 39.1 Å². The molecule has 2 aromatic rings. The van der Waals surface area contributed by atoms with E-state index in [0.29, 0.717) is 22.0 Å². The summed E-state index contributed by atoms with van der Waals surface area (Å²) in [6.45, 7) is 1.98. The number of halogens is 4. The average Bonchev–Trinajstić information content (AvgIpc) is 2.33. The summed E-state index contributed by atoms with van der Waals surface area (Å²) in [5.74, 6) is -0.291. The van der Waals surface area contributed by atoms with Gasteiger partial charge in [-0.05, 0) is 42.7 Å². The molecule has 2 rings (SSSR count). The Hall–Kier alpha value is -0.570. The maximum atomic E-state index is 13.8. The molecule has 4 heteroatoms. The zero-order valence-electron chi connectivity index (χ0n) is 10.3. The van der Waals surface area contributed by atoms with E-state index in [9.17, 15) is 4.39 Å². The van der Waals surface area contributed by atoms with Crippen LogP contribution < -0.4 is 0 Å². The first-order valence-electron chi connectivity index (χ1n) is 5.82. The van der Waals surface area contributed by atoms with Crippen LogP contribution in [0.1, 0.15) is 21.5 Å². The topological polar surface area (TPSA) is 0 Å². The molecule has 1 unspecified atom stereocenters. The summed E-state index contributed by atoms with van der Waals surface area (Å²) in [6, 6.07) is 10.5. The fourth-order valence-corrected chi connectivity index (χ4v) is 3.36. The molecule has 0 bridgehead atoms. The number of hydrogen-bond acceptors (Lipinski definition) is 0. The van der Waals surface area contributed by atoms with Gasteiger partial charge in [0, 0.05) is 20.4 Å². The van der Waals surface area contributed by atoms with Crippen LogP contribution in [0.2, 0.25) is 10.0 Å². The summed E-state index contributed by atoms with van der Waals surface area (Å²) < 4.78 is 13.8. The Morgan fingerprint density at radius 2 is 1.89 bits per heavy atom. The SMILES string of the molecule is Cc1ccc(C(Br)Cc2c(F)cccc2Cl)c(Cl)c1. The lowest BCUT2D eigenvalue weighted by Gasteiger charge is -2.14. The van der Waals surface area contributed by atoms with Gasteiger partial charge in [-0.3, -0.25) is 0 Å². The van der Waals surface area contributed by atoms with Crippen molar-refractivity contribution in [3.63, 3.8) is 0 Å². The van der Waals surface area contributed by atoms with Gasteiger partial charge >= 0.3 is 0 Å². The van der Waals surface area contributed by atoms with Crippen LogP contribution in [0.25, 0.3) is 0 Å². The lowest BCUT2D eigenvalue weighted by atomic mass is 10.0. The van der Waals surface area contributed by atoms with Crippen LogP contribution >= 0.6 is 39.1 Å². The molecule has 0 aliphatic carbocycles. The van der Waals surface area contributed by atoms with Crippen LogP contribution in [0.4, 0.5) is 4.39 Å². The van der Waals surface area contributed by atoms with Gasteiger partial charge in [0.15, 0.2) is 0 Å². The van der Waals surface area contributed by atoms with Gasteiger partial charge in [0.2, 0.25) is 0 Å². The van der Waals surface area contributed by atoms with Crippen molar-refractivity contribution in [1.29, 1.82) is 0 Å². The maximum Gasteiger partial charge on any atom is 0.127 e. The Bertz CT molecular complexity index is 578. The molecule has 0 aliphatic heterocycles. The van der Waals surface area contributed by atoms with Gasteiger partial charge in [0.1, 0.15) is 5.82 Å². The minimum atomic E-state index is -0.291. The highest BCUT2D eigenvalue weighted by molar-refractivity contribution is 9.09. The third kappa shape index (κ3) is 3.50. The van der Waals surface area contributed by atoms with E-state index in [1.54, 1.807) is 12.1 Å². The molecule has 1 atom stereocenters. The van der Waals surface area contributed by atoms with Crippen LogP contribution in [0.3, 0.4) is 0 Å². The van der Waals surface area contributed by atoms with E-state index in [0.717, 1.165) is 11.1 Å². The summed E-state index contributed by atoms with van der Waals surface area (Å²) in [6.07, 6.45) is 0.453. The molecule has 2 aromatic carbocycles. The molecule has 0 N–H and O–H groups in total. The molecular weight excluding hydrogens is 350 g/mol. The zero-order valence-corrected chi connectivity index (χ0v) is 13.4. The Kier molecular flexibility index (Phi) is 4.88. The Morgan fingerprint density at radius 1 is 1.16 bits per heavy atom. The molecule has 0 fully saturated rings. The first-order chi connectivity index (χ1) is 8.99. The number of aryl methyl sites for hydroxylation is 1. The summed E-state index contributed by atoms with van der Waals surface area (Å²) in [7, 11) is 0. The second-order valence-corrected chi connectivity index (χ2v) is 6.32. The first kappa shape index (κ1) is 14.8. The predicted molar refractivity (Wildman–Crippen MR) is 83.0 cm³/mol. The van der Waals surface area contributed by atoms with Gasteiger partial charge in [0.25, 0.3) is 0 Å². The van der Waals surface area contributed by atoms with Crippen molar-refractivity contribution in [3.8, 4) is 0 Å². The Labute approximate surface area is 130 Å².